The Labute approximate surface area is 128 Å². The number of ether oxygens (including phenoxy) is 2. The SMILES string of the molecule is CC[C@@H](C)N=C(N)SCc1cc(Cl)cc2c1OCOC2. The molecule has 1 aromatic carbocycles. The largest absolute Gasteiger partial charge is 0.467 e. The predicted octanol–water partition coefficient (Wildman–Crippen LogP) is 3.55. The van der Waals surface area contributed by atoms with Crippen LogP contribution >= 0.6 is 23.4 Å². The zero-order valence-corrected chi connectivity index (χ0v) is 13.3. The lowest BCUT2D eigenvalue weighted by Crippen LogP contribution is -2.14. The van der Waals surface area contributed by atoms with E-state index in [1.54, 1.807) is 0 Å². The van der Waals surface area contributed by atoms with Gasteiger partial charge in [-0.05, 0) is 25.5 Å². The van der Waals surface area contributed by atoms with E-state index in [0.29, 0.717) is 22.6 Å². The molecule has 1 heterocycles. The number of nitrogens with zero attached hydrogens (tertiary/aromatic N) is 1. The summed E-state index contributed by atoms with van der Waals surface area (Å²) in [5, 5.41) is 1.28. The molecule has 0 spiro atoms. The highest BCUT2D eigenvalue weighted by Gasteiger charge is 2.16. The number of hydrogen-bond acceptors (Lipinski definition) is 4. The summed E-state index contributed by atoms with van der Waals surface area (Å²) < 4.78 is 10.8. The molecule has 1 atom stereocenters. The van der Waals surface area contributed by atoms with Crippen molar-refractivity contribution in [3.05, 3.63) is 28.3 Å². The van der Waals surface area contributed by atoms with Crippen molar-refractivity contribution in [1.82, 2.24) is 0 Å². The molecule has 20 heavy (non-hydrogen) atoms. The van der Waals surface area contributed by atoms with Crippen molar-refractivity contribution in [1.29, 1.82) is 0 Å². The second kappa shape index (κ2) is 7.20. The van der Waals surface area contributed by atoms with Crippen LogP contribution in [-0.4, -0.2) is 18.0 Å². The number of amidine groups is 1. The fourth-order valence-corrected chi connectivity index (χ4v) is 2.90. The van der Waals surface area contributed by atoms with E-state index in [2.05, 4.69) is 18.8 Å². The summed E-state index contributed by atoms with van der Waals surface area (Å²) in [6, 6.07) is 4.04. The van der Waals surface area contributed by atoms with E-state index in [0.717, 1.165) is 23.3 Å². The van der Waals surface area contributed by atoms with Crippen molar-refractivity contribution in [3.8, 4) is 5.75 Å². The molecular weight excluding hydrogens is 296 g/mol. The highest BCUT2D eigenvalue weighted by Crippen LogP contribution is 2.33. The van der Waals surface area contributed by atoms with E-state index < -0.39 is 0 Å². The van der Waals surface area contributed by atoms with Crippen molar-refractivity contribution in [2.45, 2.75) is 38.7 Å². The van der Waals surface area contributed by atoms with Gasteiger partial charge in [0.15, 0.2) is 12.0 Å². The van der Waals surface area contributed by atoms with Crippen LogP contribution in [0.1, 0.15) is 31.4 Å². The van der Waals surface area contributed by atoms with Crippen LogP contribution in [0, 0.1) is 0 Å². The fourth-order valence-electron chi connectivity index (χ4n) is 1.86. The van der Waals surface area contributed by atoms with Gasteiger partial charge in [-0.3, -0.25) is 4.99 Å². The molecule has 0 unspecified atom stereocenters. The van der Waals surface area contributed by atoms with E-state index in [1.165, 1.54) is 11.8 Å². The predicted molar refractivity (Wildman–Crippen MR) is 84.4 cm³/mol. The Kier molecular flexibility index (Phi) is 5.57. The normalized spacial score (nSPS) is 16.4. The summed E-state index contributed by atoms with van der Waals surface area (Å²) >= 11 is 7.63. The molecule has 0 aliphatic carbocycles. The first-order chi connectivity index (χ1) is 9.60. The summed E-state index contributed by atoms with van der Waals surface area (Å²) in [4.78, 5) is 4.40. The minimum Gasteiger partial charge on any atom is -0.467 e. The summed E-state index contributed by atoms with van der Waals surface area (Å²) in [7, 11) is 0. The van der Waals surface area contributed by atoms with Gasteiger partial charge in [0.2, 0.25) is 0 Å². The van der Waals surface area contributed by atoms with E-state index in [-0.39, 0.29) is 12.8 Å². The lowest BCUT2D eigenvalue weighted by Gasteiger charge is -2.21. The molecule has 110 valence electrons. The van der Waals surface area contributed by atoms with Crippen molar-refractivity contribution in [3.63, 3.8) is 0 Å². The zero-order chi connectivity index (χ0) is 14.5. The number of nitrogens with two attached hydrogens (primary N) is 1. The second-order valence-corrected chi connectivity index (χ2v) is 6.11. The Balaban J connectivity index is 2.10. The van der Waals surface area contributed by atoms with Gasteiger partial charge in [-0.15, -0.1) is 0 Å². The summed E-state index contributed by atoms with van der Waals surface area (Å²) in [5.41, 5.74) is 7.94. The quantitative estimate of drug-likeness (QED) is 0.682. The van der Waals surface area contributed by atoms with Crippen LogP contribution in [0.25, 0.3) is 0 Å². The molecule has 0 aromatic heterocycles. The molecule has 1 aliphatic heterocycles. The molecule has 0 bridgehead atoms. The lowest BCUT2D eigenvalue weighted by molar-refractivity contribution is -0.0168. The van der Waals surface area contributed by atoms with Gasteiger partial charge in [0.1, 0.15) is 5.75 Å². The van der Waals surface area contributed by atoms with E-state index in [4.69, 9.17) is 26.8 Å². The van der Waals surface area contributed by atoms with E-state index in [1.807, 2.05) is 12.1 Å². The van der Waals surface area contributed by atoms with Crippen LogP contribution in [0.4, 0.5) is 0 Å². The molecule has 1 aliphatic rings. The Morgan fingerprint density at radius 2 is 2.35 bits per heavy atom. The van der Waals surface area contributed by atoms with Gasteiger partial charge in [-0.1, -0.05) is 30.3 Å². The topological polar surface area (TPSA) is 56.8 Å². The van der Waals surface area contributed by atoms with Crippen LogP contribution in [0.5, 0.6) is 5.75 Å². The Hall–Kier alpha value is -0.910. The number of hydrogen-bond donors (Lipinski definition) is 1. The fraction of sp³-hybridized carbons (Fsp3) is 0.500. The molecule has 2 rings (SSSR count). The maximum absolute atomic E-state index is 6.12. The summed E-state index contributed by atoms with van der Waals surface area (Å²) in [6.07, 6.45) is 0.980. The van der Waals surface area contributed by atoms with Crippen LogP contribution in [0.2, 0.25) is 5.02 Å². The summed E-state index contributed by atoms with van der Waals surface area (Å²) in [6.45, 7) is 4.95. The van der Waals surface area contributed by atoms with Gasteiger partial charge >= 0.3 is 0 Å². The monoisotopic (exact) mass is 314 g/mol. The molecule has 1 aromatic rings. The van der Waals surface area contributed by atoms with E-state index >= 15 is 0 Å². The average molecular weight is 315 g/mol. The number of aliphatic imine (C=N–C) groups is 1. The number of benzene rings is 1. The second-order valence-electron chi connectivity index (χ2n) is 4.68. The molecular formula is C14H19ClN2O2S. The first kappa shape index (κ1) is 15.5. The maximum atomic E-state index is 6.12. The first-order valence-corrected chi connectivity index (χ1v) is 7.94. The maximum Gasteiger partial charge on any atom is 0.189 e. The van der Waals surface area contributed by atoms with Crippen LogP contribution in [0.15, 0.2) is 17.1 Å². The minimum atomic E-state index is 0.250. The molecule has 0 saturated carbocycles. The van der Waals surface area contributed by atoms with E-state index in [9.17, 15) is 0 Å². The Morgan fingerprint density at radius 3 is 3.10 bits per heavy atom. The minimum absolute atomic E-state index is 0.250. The standard InChI is InChI=1S/C14H19ClN2O2S/c1-3-9(2)17-14(16)20-7-11-5-12(15)4-10-6-18-8-19-13(10)11/h4-5,9H,3,6-8H2,1-2H3,(H2,16,17)/t9-/m1/s1. The number of rotatable bonds is 4. The van der Waals surface area contributed by atoms with Crippen molar-refractivity contribution >= 4 is 28.5 Å². The van der Waals surface area contributed by atoms with Crippen molar-refractivity contribution in [2.24, 2.45) is 10.7 Å². The van der Waals surface area contributed by atoms with Crippen LogP contribution < -0.4 is 10.5 Å². The molecule has 2 N–H and O–H groups in total. The third kappa shape index (κ3) is 4.04. The Morgan fingerprint density at radius 1 is 1.55 bits per heavy atom. The molecule has 0 amide bonds. The van der Waals surface area contributed by atoms with Gasteiger partial charge in [0.25, 0.3) is 0 Å². The van der Waals surface area contributed by atoms with Crippen molar-refractivity contribution in [2.75, 3.05) is 6.79 Å². The third-order valence-electron chi connectivity index (χ3n) is 3.07. The molecule has 0 saturated heterocycles. The Bertz CT molecular complexity index is 508. The van der Waals surface area contributed by atoms with Gasteiger partial charge in [-0.25, -0.2) is 0 Å². The average Bonchev–Trinajstić information content (AvgIpc) is 2.44. The lowest BCUT2D eigenvalue weighted by atomic mass is 10.1. The van der Waals surface area contributed by atoms with Gasteiger partial charge in [0, 0.05) is 27.9 Å². The highest BCUT2D eigenvalue weighted by atomic mass is 35.5. The number of thioether (sulfide) groups is 1. The van der Waals surface area contributed by atoms with Gasteiger partial charge < -0.3 is 15.2 Å². The zero-order valence-electron chi connectivity index (χ0n) is 11.7. The molecule has 0 radical (unpaired) electrons. The van der Waals surface area contributed by atoms with Gasteiger partial charge in [-0.2, -0.15) is 0 Å². The van der Waals surface area contributed by atoms with Crippen molar-refractivity contribution < 1.29 is 9.47 Å². The number of fused-ring (bicyclic) bond motifs is 1. The van der Waals surface area contributed by atoms with Crippen LogP contribution in [0.3, 0.4) is 0 Å². The third-order valence-corrected chi connectivity index (χ3v) is 4.14. The smallest absolute Gasteiger partial charge is 0.189 e. The molecule has 0 fully saturated rings. The first-order valence-electron chi connectivity index (χ1n) is 6.58. The molecule has 6 heteroatoms. The highest BCUT2D eigenvalue weighted by molar-refractivity contribution is 8.13. The summed E-state index contributed by atoms with van der Waals surface area (Å²) in [5.74, 6) is 1.55. The van der Waals surface area contributed by atoms with Crippen LogP contribution in [-0.2, 0) is 17.1 Å². The number of halogens is 1. The van der Waals surface area contributed by atoms with Gasteiger partial charge in [0.05, 0.1) is 6.61 Å². The molecule has 4 nitrogen and oxygen atoms in total.